The van der Waals surface area contributed by atoms with Crippen LogP contribution in [-0.2, 0) is 4.79 Å². The van der Waals surface area contributed by atoms with Crippen molar-refractivity contribution in [2.75, 3.05) is 24.3 Å². The first-order chi connectivity index (χ1) is 11.6. The third kappa shape index (κ3) is 5.20. The molecule has 0 heterocycles. The Labute approximate surface area is 147 Å². The number of hydrogen-bond donors (Lipinski definition) is 1. The van der Waals surface area contributed by atoms with E-state index >= 15 is 0 Å². The molecule has 1 amide bonds. The molecular weight excluding hydrogens is 322 g/mol. The Hall–Kier alpha value is -2.14. The third-order valence-corrected chi connectivity index (χ3v) is 4.46. The lowest BCUT2D eigenvalue weighted by Gasteiger charge is -2.13. The molecule has 0 saturated heterocycles. The number of nitrogens with one attached hydrogen (secondary N) is 1. The average Bonchev–Trinajstić information content (AvgIpc) is 2.57. The van der Waals surface area contributed by atoms with Crippen molar-refractivity contribution in [3.05, 3.63) is 48.0 Å². The maximum atomic E-state index is 12.3. The molecule has 0 aromatic heterocycles. The fraction of sp³-hybridized carbons (Fsp3) is 0.316. The van der Waals surface area contributed by atoms with Gasteiger partial charge in [-0.05, 0) is 44.5 Å². The minimum Gasteiger partial charge on any atom is -0.494 e. The fourth-order valence-corrected chi connectivity index (χ4v) is 3.02. The highest BCUT2D eigenvalue weighted by Crippen LogP contribution is 2.30. The first-order valence-electron chi connectivity index (χ1n) is 8.02. The highest BCUT2D eigenvalue weighted by Gasteiger charge is 2.11. The summed E-state index contributed by atoms with van der Waals surface area (Å²) in [5.74, 6) is 1.63. The van der Waals surface area contributed by atoms with E-state index in [9.17, 15) is 4.79 Å². The molecule has 0 atom stereocenters. The standard InChI is InChI=1S/C19H23NO3S/c1-4-22-15-10-11-17(23-5-2)16(12-15)20-19(21)13-24-18-9-7-6-8-14(18)3/h6-12H,4-5,13H2,1-3H3,(H,20,21). The summed E-state index contributed by atoms with van der Waals surface area (Å²) in [7, 11) is 0. The summed E-state index contributed by atoms with van der Waals surface area (Å²) in [6, 6.07) is 13.5. The van der Waals surface area contributed by atoms with E-state index in [4.69, 9.17) is 9.47 Å². The number of aryl methyl sites for hydroxylation is 1. The zero-order chi connectivity index (χ0) is 17.4. The Morgan fingerprint density at radius 3 is 2.54 bits per heavy atom. The second-order valence-corrected chi connectivity index (χ2v) is 6.14. The SMILES string of the molecule is CCOc1ccc(OCC)c(NC(=O)CSc2ccccc2C)c1. The minimum atomic E-state index is -0.0714. The Morgan fingerprint density at radius 2 is 1.83 bits per heavy atom. The van der Waals surface area contributed by atoms with Crippen LogP contribution in [0, 0.1) is 6.92 Å². The Bertz CT molecular complexity index is 688. The van der Waals surface area contributed by atoms with Gasteiger partial charge < -0.3 is 14.8 Å². The molecule has 0 aliphatic carbocycles. The minimum absolute atomic E-state index is 0.0714. The fourth-order valence-electron chi connectivity index (χ4n) is 2.19. The quantitative estimate of drug-likeness (QED) is 0.715. The first-order valence-corrected chi connectivity index (χ1v) is 9.00. The average molecular weight is 345 g/mol. The van der Waals surface area contributed by atoms with Crippen LogP contribution in [0.2, 0.25) is 0 Å². The van der Waals surface area contributed by atoms with E-state index < -0.39 is 0 Å². The number of amides is 1. The van der Waals surface area contributed by atoms with Crippen LogP contribution in [0.15, 0.2) is 47.4 Å². The van der Waals surface area contributed by atoms with Gasteiger partial charge in [0, 0.05) is 11.0 Å². The highest BCUT2D eigenvalue weighted by molar-refractivity contribution is 8.00. The molecule has 0 spiro atoms. The zero-order valence-electron chi connectivity index (χ0n) is 14.3. The van der Waals surface area contributed by atoms with Crippen molar-refractivity contribution in [3.8, 4) is 11.5 Å². The third-order valence-electron chi connectivity index (χ3n) is 3.29. The van der Waals surface area contributed by atoms with E-state index in [-0.39, 0.29) is 5.91 Å². The molecule has 0 fully saturated rings. The van der Waals surface area contributed by atoms with E-state index in [0.717, 1.165) is 4.90 Å². The van der Waals surface area contributed by atoms with Crippen LogP contribution >= 0.6 is 11.8 Å². The molecule has 0 aliphatic rings. The van der Waals surface area contributed by atoms with Crippen LogP contribution in [-0.4, -0.2) is 24.9 Å². The molecule has 0 aliphatic heterocycles. The monoisotopic (exact) mass is 345 g/mol. The molecule has 4 nitrogen and oxygen atoms in total. The van der Waals surface area contributed by atoms with Crippen LogP contribution in [0.1, 0.15) is 19.4 Å². The topological polar surface area (TPSA) is 47.6 Å². The predicted octanol–water partition coefficient (Wildman–Crippen LogP) is 4.52. The number of anilines is 1. The molecule has 0 saturated carbocycles. The van der Waals surface area contributed by atoms with E-state index in [1.165, 1.54) is 17.3 Å². The first kappa shape index (κ1) is 18.2. The Balaban J connectivity index is 2.04. The molecule has 1 N–H and O–H groups in total. The van der Waals surface area contributed by atoms with Gasteiger partial charge in [0.25, 0.3) is 0 Å². The lowest BCUT2D eigenvalue weighted by atomic mass is 10.2. The van der Waals surface area contributed by atoms with Crippen LogP contribution in [0.3, 0.4) is 0 Å². The van der Waals surface area contributed by atoms with Crippen molar-refractivity contribution < 1.29 is 14.3 Å². The Kier molecular flexibility index (Phi) is 7.00. The molecular formula is C19H23NO3S. The molecule has 2 rings (SSSR count). The molecule has 5 heteroatoms. The van der Waals surface area contributed by atoms with Gasteiger partial charge in [0.2, 0.25) is 5.91 Å². The summed E-state index contributed by atoms with van der Waals surface area (Å²) in [4.78, 5) is 13.4. The summed E-state index contributed by atoms with van der Waals surface area (Å²) >= 11 is 1.52. The van der Waals surface area contributed by atoms with Crippen molar-refractivity contribution in [2.24, 2.45) is 0 Å². The van der Waals surface area contributed by atoms with Gasteiger partial charge in [-0.1, -0.05) is 18.2 Å². The second-order valence-electron chi connectivity index (χ2n) is 5.13. The zero-order valence-corrected chi connectivity index (χ0v) is 15.1. The number of benzene rings is 2. The maximum absolute atomic E-state index is 12.3. The number of carbonyl (C=O) groups excluding carboxylic acids is 1. The van der Waals surface area contributed by atoms with Gasteiger partial charge in [0.05, 0.1) is 24.7 Å². The van der Waals surface area contributed by atoms with E-state index in [1.54, 1.807) is 6.07 Å². The van der Waals surface area contributed by atoms with Gasteiger partial charge in [-0.15, -0.1) is 11.8 Å². The van der Waals surface area contributed by atoms with Gasteiger partial charge in [0.15, 0.2) is 0 Å². The van der Waals surface area contributed by atoms with E-state index in [0.29, 0.717) is 36.2 Å². The van der Waals surface area contributed by atoms with Crippen molar-refractivity contribution in [1.29, 1.82) is 0 Å². The summed E-state index contributed by atoms with van der Waals surface area (Å²) in [6.45, 7) is 6.99. The maximum Gasteiger partial charge on any atom is 0.234 e. The summed E-state index contributed by atoms with van der Waals surface area (Å²) < 4.78 is 11.1. The van der Waals surface area contributed by atoms with Crippen LogP contribution in [0.4, 0.5) is 5.69 Å². The number of rotatable bonds is 8. The molecule has 24 heavy (non-hydrogen) atoms. The van der Waals surface area contributed by atoms with Gasteiger partial charge in [0.1, 0.15) is 11.5 Å². The van der Waals surface area contributed by atoms with Gasteiger partial charge >= 0.3 is 0 Å². The van der Waals surface area contributed by atoms with E-state index in [1.807, 2.05) is 57.2 Å². The lowest BCUT2D eigenvalue weighted by Crippen LogP contribution is -2.15. The smallest absolute Gasteiger partial charge is 0.234 e. The Morgan fingerprint density at radius 1 is 1.08 bits per heavy atom. The largest absolute Gasteiger partial charge is 0.494 e. The van der Waals surface area contributed by atoms with Gasteiger partial charge in [-0.2, -0.15) is 0 Å². The summed E-state index contributed by atoms with van der Waals surface area (Å²) in [5.41, 5.74) is 1.81. The van der Waals surface area contributed by atoms with Crippen LogP contribution in [0.5, 0.6) is 11.5 Å². The molecule has 0 radical (unpaired) electrons. The normalized spacial score (nSPS) is 10.3. The van der Waals surface area contributed by atoms with Crippen LogP contribution < -0.4 is 14.8 Å². The number of thioether (sulfide) groups is 1. The van der Waals surface area contributed by atoms with Gasteiger partial charge in [-0.25, -0.2) is 0 Å². The van der Waals surface area contributed by atoms with Crippen molar-refractivity contribution >= 4 is 23.4 Å². The lowest BCUT2D eigenvalue weighted by molar-refractivity contribution is -0.113. The summed E-state index contributed by atoms with van der Waals surface area (Å²) in [6.07, 6.45) is 0. The van der Waals surface area contributed by atoms with Crippen molar-refractivity contribution in [2.45, 2.75) is 25.7 Å². The number of carbonyl (C=O) groups is 1. The van der Waals surface area contributed by atoms with Gasteiger partial charge in [-0.3, -0.25) is 4.79 Å². The second kappa shape index (κ2) is 9.23. The summed E-state index contributed by atoms with van der Waals surface area (Å²) in [5, 5.41) is 2.92. The molecule has 2 aromatic rings. The highest BCUT2D eigenvalue weighted by atomic mass is 32.2. The molecule has 0 unspecified atom stereocenters. The number of hydrogen-bond acceptors (Lipinski definition) is 4. The molecule has 0 bridgehead atoms. The molecule has 2 aromatic carbocycles. The van der Waals surface area contributed by atoms with E-state index in [2.05, 4.69) is 5.32 Å². The van der Waals surface area contributed by atoms with Crippen LogP contribution in [0.25, 0.3) is 0 Å². The van der Waals surface area contributed by atoms with Crippen molar-refractivity contribution in [3.63, 3.8) is 0 Å². The molecule has 128 valence electrons. The van der Waals surface area contributed by atoms with Crippen molar-refractivity contribution in [1.82, 2.24) is 0 Å². The predicted molar refractivity (Wildman–Crippen MR) is 99.3 cm³/mol. The number of ether oxygens (including phenoxy) is 2.